The van der Waals surface area contributed by atoms with Gasteiger partial charge < -0.3 is 15.1 Å². The number of hydrogen-bond donors (Lipinski definition) is 2. The van der Waals surface area contributed by atoms with Gasteiger partial charge in [-0.1, -0.05) is 5.11 Å². The van der Waals surface area contributed by atoms with Gasteiger partial charge in [0.25, 0.3) is 0 Å². The molecular weight excluding hydrogens is 200 g/mol. The number of amides is 1. The van der Waals surface area contributed by atoms with Crippen LogP contribution in [0.1, 0.15) is 19.3 Å². The monoisotopic (exact) mass is 212 g/mol. The van der Waals surface area contributed by atoms with Crippen molar-refractivity contribution in [1.82, 2.24) is 4.90 Å². The summed E-state index contributed by atoms with van der Waals surface area (Å²) in [7, 11) is 0. The van der Waals surface area contributed by atoms with Crippen LogP contribution < -0.4 is 0 Å². The van der Waals surface area contributed by atoms with Crippen molar-refractivity contribution < 1.29 is 15.0 Å². The SMILES string of the molecule is [N-]=[N+]=NC1C(O)CCN(C(=O)O)C12CC2. The van der Waals surface area contributed by atoms with Crippen LogP contribution in [0.25, 0.3) is 10.4 Å². The third-order valence-corrected chi connectivity index (χ3v) is 3.27. The molecule has 1 saturated carbocycles. The molecule has 2 atom stereocenters. The minimum Gasteiger partial charge on any atom is -0.465 e. The number of aliphatic hydroxyl groups is 1. The molecule has 7 nitrogen and oxygen atoms in total. The van der Waals surface area contributed by atoms with Crippen LogP contribution in [0.2, 0.25) is 0 Å². The maximum Gasteiger partial charge on any atom is 0.407 e. The highest BCUT2D eigenvalue weighted by Gasteiger charge is 2.59. The number of nitrogens with zero attached hydrogens (tertiary/aromatic N) is 4. The Hall–Kier alpha value is -1.46. The van der Waals surface area contributed by atoms with Crippen molar-refractivity contribution in [1.29, 1.82) is 0 Å². The average Bonchev–Trinajstić information content (AvgIpc) is 2.93. The van der Waals surface area contributed by atoms with Gasteiger partial charge in [0.05, 0.1) is 17.7 Å². The van der Waals surface area contributed by atoms with Crippen molar-refractivity contribution in [2.24, 2.45) is 5.11 Å². The molecule has 82 valence electrons. The molecule has 0 aromatic heterocycles. The summed E-state index contributed by atoms with van der Waals surface area (Å²) in [5, 5.41) is 22.2. The van der Waals surface area contributed by atoms with Gasteiger partial charge in [0.15, 0.2) is 0 Å². The molecule has 1 amide bonds. The molecule has 1 heterocycles. The molecule has 2 unspecified atom stereocenters. The molecule has 2 aliphatic rings. The lowest BCUT2D eigenvalue weighted by Crippen LogP contribution is -2.57. The first-order valence-corrected chi connectivity index (χ1v) is 4.84. The van der Waals surface area contributed by atoms with Crippen LogP contribution in [-0.2, 0) is 0 Å². The Morgan fingerprint density at radius 1 is 1.60 bits per heavy atom. The van der Waals surface area contributed by atoms with Crippen LogP contribution in [0, 0.1) is 0 Å². The number of hydrogen-bond acceptors (Lipinski definition) is 3. The highest BCUT2D eigenvalue weighted by Crippen LogP contribution is 2.49. The lowest BCUT2D eigenvalue weighted by molar-refractivity contribution is 0.0149. The molecular formula is C8H12N4O3. The maximum atomic E-state index is 11.0. The first-order chi connectivity index (χ1) is 7.12. The first kappa shape index (κ1) is 10.1. The van der Waals surface area contributed by atoms with E-state index in [9.17, 15) is 9.90 Å². The van der Waals surface area contributed by atoms with Crippen molar-refractivity contribution in [3.8, 4) is 0 Å². The summed E-state index contributed by atoms with van der Waals surface area (Å²) >= 11 is 0. The molecule has 0 radical (unpaired) electrons. The average molecular weight is 212 g/mol. The van der Waals surface area contributed by atoms with E-state index in [0.29, 0.717) is 25.8 Å². The van der Waals surface area contributed by atoms with Crippen LogP contribution in [0.5, 0.6) is 0 Å². The van der Waals surface area contributed by atoms with Crippen molar-refractivity contribution in [3.63, 3.8) is 0 Å². The largest absolute Gasteiger partial charge is 0.465 e. The number of azide groups is 1. The summed E-state index contributed by atoms with van der Waals surface area (Å²) in [5.74, 6) is 0. The second-order valence-corrected chi connectivity index (χ2v) is 4.04. The predicted molar refractivity (Wildman–Crippen MR) is 50.3 cm³/mol. The zero-order valence-corrected chi connectivity index (χ0v) is 8.07. The van der Waals surface area contributed by atoms with Gasteiger partial charge in [-0.3, -0.25) is 0 Å². The number of carboxylic acid groups (broad SMARTS) is 1. The van der Waals surface area contributed by atoms with E-state index in [0.717, 1.165) is 0 Å². The molecule has 2 rings (SSSR count). The summed E-state index contributed by atoms with van der Waals surface area (Å²) < 4.78 is 0. The number of piperidine rings is 1. The van der Waals surface area contributed by atoms with Gasteiger partial charge in [-0.05, 0) is 24.8 Å². The van der Waals surface area contributed by atoms with Gasteiger partial charge in [-0.2, -0.15) is 0 Å². The summed E-state index contributed by atoms with van der Waals surface area (Å²) in [6.07, 6.45) is -0.0609. The third-order valence-electron chi connectivity index (χ3n) is 3.27. The van der Waals surface area contributed by atoms with Crippen LogP contribution in [0.4, 0.5) is 4.79 Å². The summed E-state index contributed by atoms with van der Waals surface area (Å²) in [6.45, 7) is 0.313. The molecule has 0 aromatic rings. The predicted octanol–water partition coefficient (Wildman–Crippen LogP) is 0.943. The van der Waals surface area contributed by atoms with Gasteiger partial charge in [0, 0.05) is 11.5 Å². The Labute approximate surface area is 85.9 Å². The molecule has 0 bridgehead atoms. The zero-order chi connectivity index (χ0) is 11.1. The molecule has 1 aliphatic heterocycles. The summed E-state index contributed by atoms with van der Waals surface area (Å²) in [5.41, 5.74) is 7.77. The lowest BCUT2D eigenvalue weighted by atomic mass is 9.92. The Balaban J connectivity index is 2.28. The molecule has 2 N–H and O–H groups in total. The topological polar surface area (TPSA) is 110 Å². The van der Waals surface area contributed by atoms with E-state index in [4.69, 9.17) is 10.6 Å². The molecule has 1 spiro atoms. The smallest absolute Gasteiger partial charge is 0.407 e. The van der Waals surface area contributed by atoms with Gasteiger partial charge in [-0.15, -0.1) is 0 Å². The summed E-state index contributed by atoms with van der Waals surface area (Å²) in [6, 6.07) is -0.632. The minimum absolute atomic E-state index is 0.313. The zero-order valence-electron chi connectivity index (χ0n) is 8.07. The second-order valence-electron chi connectivity index (χ2n) is 4.04. The molecule has 7 heteroatoms. The number of likely N-dealkylation sites (tertiary alicyclic amines) is 1. The van der Waals surface area contributed by atoms with Crippen LogP contribution in [-0.4, -0.2) is 45.4 Å². The highest BCUT2D eigenvalue weighted by molar-refractivity contribution is 5.67. The van der Waals surface area contributed by atoms with Crippen LogP contribution in [0.15, 0.2) is 5.11 Å². The number of rotatable bonds is 1. The normalized spacial score (nSPS) is 32.2. The Bertz CT molecular complexity index is 335. The van der Waals surface area contributed by atoms with E-state index in [1.54, 1.807) is 0 Å². The Morgan fingerprint density at radius 3 is 2.73 bits per heavy atom. The molecule has 15 heavy (non-hydrogen) atoms. The van der Waals surface area contributed by atoms with E-state index in [1.165, 1.54) is 4.90 Å². The first-order valence-electron chi connectivity index (χ1n) is 4.84. The summed E-state index contributed by atoms with van der Waals surface area (Å²) in [4.78, 5) is 15.0. The van der Waals surface area contributed by atoms with Gasteiger partial charge in [0.1, 0.15) is 0 Å². The van der Waals surface area contributed by atoms with E-state index >= 15 is 0 Å². The third kappa shape index (κ3) is 1.40. The number of carbonyl (C=O) groups is 1. The van der Waals surface area contributed by atoms with E-state index in [1.807, 2.05) is 0 Å². The molecule has 1 aliphatic carbocycles. The van der Waals surface area contributed by atoms with E-state index in [2.05, 4.69) is 10.0 Å². The minimum atomic E-state index is -1.00. The fourth-order valence-electron chi connectivity index (χ4n) is 2.38. The second kappa shape index (κ2) is 3.29. The van der Waals surface area contributed by atoms with E-state index in [-0.39, 0.29) is 0 Å². The maximum absolute atomic E-state index is 11.0. The standard InChI is InChI=1S/C8H12N4O3/c9-11-10-6-5(13)1-4-12(7(14)15)8(6)2-3-8/h5-6,13H,1-4H2,(H,14,15). The van der Waals surface area contributed by atoms with Crippen molar-refractivity contribution >= 4 is 6.09 Å². The van der Waals surface area contributed by atoms with Gasteiger partial charge in [0.2, 0.25) is 0 Å². The quantitative estimate of drug-likeness (QED) is 0.383. The van der Waals surface area contributed by atoms with Gasteiger partial charge >= 0.3 is 6.09 Å². The van der Waals surface area contributed by atoms with Crippen molar-refractivity contribution in [2.45, 2.75) is 36.9 Å². The van der Waals surface area contributed by atoms with Crippen molar-refractivity contribution in [3.05, 3.63) is 10.4 Å². The molecule has 2 fully saturated rings. The number of aliphatic hydroxyl groups excluding tert-OH is 1. The van der Waals surface area contributed by atoms with Crippen molar-refractivity contribution in [2.75, 3.05) is 6.54 Å². The fourth-order valence-corrected chi connectivity index (χ4v) is 2.38. The Morgan fingerprint density at radius 2 is 2.27 bits per heavy atom. The Kier molecular flexibility index (Phi) is 2.21. The highest BCUT2D eigenvalue weighted by atomic mass is 16.4. The lowest BCUT2D eigenvalue weighted by Gasteiger charge is -2.41. The molecule has 1 saturated heterocycles. The van der Waals surface area contributed by atoms with Crippen LogP contribution >= 0.6 is 0 Å². The molecule has 0 aromatic carbocycles. The van der Waals surface area contributed by atoms with Gasteiger partial charge in [-0.25, -0.2) is 4.79 Å². The fraction of sp³-hybridized carbons (Fsp3) is 0.875. The van der Waals surface area contributed by atoms with Crippen LogP contribution in [0.3, 0.4) is 0 Å². The van der Waals surface area contributed by atoms with E-state index < -0.39 is 23.8 Å².